The Labute approximate surface area is 119 Å². The first-order chi connectivity index (χ1) is 9.75. The van der Waals surface area contributed by atoms with Crippen molar-refractivity contribution in [1.29, 1.82) is 0 Å². The third-order valence-corrected chi connectivity index (χ3v) is 4.35. The lowest BCUT2D eigenvalue weighted by atomic mass is 10.1. The molecule has 1 N–H and O–H groups in total. The Kier molecular flexibility index (Phi) is 3.87. The van der Waals surface area contributed by atoms with Crippen molar-refractivity contribution < 1.29 is 9.90 Å². The van der Waals surface area contributed by atoms with Crippen molar-refractivity contribution in [2.24, 2.45) is 0 Å². The Bertz CT molecular complexity index is 486. The molecule has 1 aromatic rings. The molecule has 1 amide bonds. The third kappa shape index (κ3) is 2.63. The third-order valence-electron chi connectivity index (χ3n) is 4.35. The molecule has 5 nitrogen and oxygen atoms in total. The van der Waals surface area contributed by atoms with Crippen LogP contribution >= 0.6 is 0 Å². The maximum absolute atomic E-state index is 12.4. The summed E-state index contributed by atoms with van der Waals surface area (Å²) in [6.45, 7) is 3.83. The van der Waals surface area contributed by atoms with E-state index in [9.17, 15) is 9.90 Å². The smallest absolute Gasteiger partial charge is 0.276 e. The Morgan fingerprint density at radius 1 is 1.25 bits per heavy atom. The van der Waals surface area contributed by atoms with Gasteiger partial charge in [-0.05, 0) is 44.5 Å². The van der Waals surface area contributed by atoms with Crippen LogP contribution in [0.4, 0.5) is 0 Å². The van der Waals surface area contributed by atoms with Crippen LogP contribution in [0.15, 0.2) is 18.3 Å². The highest BCUT2D eigenvalue weighted by molar-refractivity contribution is 5.94. The van der Waals surface area contributed by atoms with Crippen molar-refractivity contribution in [2.45, 2.75) is 31.7 Å². The Hall–Kier alpha value is -1.62. The summed E-state index contributed by atoms with van der Waals surface area (Å²) in [5, 5.41) is 9.74. The molecule has 0 radical (unpaired) electrons. The fraction of sp³-hybridized carbons (Fsp3) is 0.600. The van der Waals surface area contributed by atoms with Gasteiger partial charge < -0.3 is 10.0 Å². The van der Waals surface area contributed by atoms with Crippen LogP contribution in [0.5, 0.6) is 5.75 Å². The van der Waals surface area contributed by atoms with Gasteiger partial charge in [0.2, 0.25) is 0 Å². The number of amides is 1. The Morgan fingerprint density at radius 2 is 2.05 bits per heavy atom. The summed E-state index contributed by atoms with van der Waals surface area (Å²) in [5.41, 5.74) is 0.173. The number of hydrogen-bond acceptors (Lipinski definition) is 4. The summed E-state index contributed by atoms with van der Waals surface area (Å²) in [6.07, 6.45) is 6.44. The van der Waals surface area contributed by atoms with Crippen molar-refractivity contribution >= 4 is 5.91 Å². The van der Waals surface area contributed by atoms with Gasteiger partial charge in [0.1, 0.15) is 5.75 Å². The maximum atomic E-state index is 12.4. The van der Waals surface area contributed by atoms with E-state index in [-0.39, 0.29) is 17.4 Å². The molecule has 20 heavy (non-hydrogen) atoms. The van der Waals surface area contributed by atoms with Gasteiger partial charge in [0.05, 0.1) is 0 Å². The SMILES string of the molecule is O=C(c1ncccc1O)N1CCC(N2CCCCC2)C1. The number of piperidine rings is 1. The molecular formula is C15H21N3O2. The fourth-order valence-electron chi connectivity index (χ4n) is 3.22. The van der Waals surface area contributed by atoms with Crippen LogP contribution < -0.4 is 0 Å². The molecule has 0 aliphatic carbocycles. The number of carbonyl (C=O) groups excluding carboxylic acids is 1. The Morgan fingerprint density at radius 3 is 2.80 bits per heavy atom. The zero-order valence-corrected chi connectivity index (χ0v) is 11.7. The first-order valence-corrected chi connectivity index (χ1v) is 7.43. The van der Waals surface area contributed by atoms with Gasteiger partial charge in [0, 0.05) is 25.3 Å². The molecule has 2 fully saturated rings. The number of likely N-dealkylation sites (tertiary alicyclic amines) is 2. The van der Waals surface area contributed by atoms with Gasteiger partial charge in [-0.3, -0.25) is 9.69 Å². The zero-order valence-electron chi connectivity index (χ0n) is 11.7. The molecule has 0 bridgehead atoms. The number of aromatic nitrogens is 1. The van der Waals surface area contributed by atoms with E-state index >= 15 is 0 Å². The van der Waals surface area contributed by atoms with Crippen LogP contribution in [0.3, 0.4) is 0 Å². The van der Waals surface area contributed by atoms with E-state index < -0.39 is 0 Å². The lowest BCUT2D eigenvalue weighted by molar-refractivity contribution is 0.0762. The topological polar surface area (TPSA) is 56.7 Å². The highest BCUT2D eigenvalue weighted by Crippen LogP contribution is 2.23. The van der Waals surface area contributed by atoms with Gasteiger partial charge in [-0.15, -0.1) is 0 Å². The van der Waals surface area contributed by atoms with Gasteiger partial charge >= 0.3 is 0 Å². The van der Waals surface area contributed by atoms with Crippen molar-refractivity contribution in [1.82, 2.24) is 14.8 Å². The van der Waals surface area contributed by atoms with Gasteiger partial charge in [-0.1, -0.05) is 6.42 Å². The van der Waals surface area contributed by atoms with Crippen molar-refractivity contribution in [3.63, 3.8) is 0 Å². The number of carbonyl (C=O) groups is 1. The van der Waals surface area contributed by atoms with Crippen LogP contribution in [-0.4, -0.2) is 58.0 Å². The van der Waals surface area contributed by atoms with Crippen molar-refractivity contribution in [3.8, 4) is 5.75 Å². The van der Waals surface area contributed by atoms with Crippen LogP contribution in [0.1, 0.15) is 36.2 Å². The summed E-state index contributed by atoms with van der Waals surface area (Å²) < 4.78 is 0. The monoisotopic (exact) mass is 275 g/mol. The summed E-state index contributed by atoms with van der Waals surface area (Å²) >= 11 is 0. The van der Waals surface area contributed by atoms with Crippen molar-refractivity contribution in [2.75, 3.05) is 26.2 Å². The van der Waals surface area contributed by atoms with Crippen molar-refractivity contribution in [3.05, 3.63) is 24.0 Å². The van der Waals surface area contributed by atoms with Crippen LogP contribution in [0.2, 0.25) is 0 Å². The summed E-state index contributed by atoms with van der Waals surface area (Å²) in [6, 6.07) is 3.62. The number of rotatable bonds is 2. The van der Waals surface area contributed by atoms with Crippen LogP contribution in [0.25, 0.3) is 0 Å². The van der Waals surface area contributed by atoms with E-state index in [4.69, 9.17) is 0 Å². The largest absolute Gasteiger partial charge is 0.505 e. The highest BCUT2D eigenvalue weighted by atomic mass is 16.3. The maximum Gasteiger partial charge on any atom is 0.276 e. The molecule has 1 unspecified atom stereocenters. The van der Waals surface area contributed by atoms with Gasteiger partial charge in [0.15, 0.2) is 5.69 Å². The molecule has 0 saturated carbocycles. The number of nitrogens with zero attached hydrogens (tertiary/aromatic N) is 3. The second kappa shape index (κ2) is 5.79. The molecule has 2 aliphatic rings. The zero-order chi connectivity index (χ0) is 13.9. The van der Waals surface area contributed by atoms with E-state index in [2.05, 4.69) is 9.88 Å². The molecule has 3 heterocycles. The lowest BCUT2D eigenvalue weighted by Crippen LogP contribution is -2.41. The summed E-state index contributed by atoms with van der Waals surface area (Å²) in [5.74, 6) is -0.179. The quantitative estimate of drug-likeness (QED) is 0.888. The molecule has 2 saturated heterocycles. The number of pyridine rings is 1. The predicted octanol–water partition coefficient (Wildman–Crippen LogP) is 1.49. The molecular weight excluding hydrogens is 254 g/mol. The standard InChI is InChI=1S/C15H21N3O2/c19-13-5-4-7-16-14(13)15(20)18-10-6-12(11-18)17-8-2-1-3-9-17/h4-5,7,12,19H,1-3,6,8-11H2. The van der Waals surface area contributed by atoms with Gasteiger partial charge in [-0.2, -0.15) is 0 Å². The van der Waals surface area contributed by atoms with Crippen LogP contribution in [0, 0.1) is 0 Å². The van der Waals surface area contributed by atoms with E-state index in [0.29, 0.717) is 6.04 Å². The molecule has 5 heteroatoms. The second-order valence-electron chi connectivity index (χ2n) is 5.66. The molecule has 3 rings (SSSR count). The minimum absolute atomic E-state index is 0.0288. The van der Waals surface area contributed by atoms with Gasteiger partial charge in [-0.25, -0.2) is 4.98 Å². The average Bonchev–Trinajstić information content (AvgIpc) is 2.98. The molecule has 0 spiro atoms. The molecule has 1 aromatic heterocycles. The molecule has 0 aromatic carbocycles. The minimum Gasteiger partial charge on any atom is -0.505 e. The van der Waals surface area contributed by atoms with E-state index in [0.717, 1.165) is 32.6 Å². The first-order valence-electron chi connectivity index (χ1n) is 7.43. The number of aromatic hydroxyl groups is 1. The lowest BCUT2D eigenvalue weighted by Gasteiger charge is -2.32. The minimum atomic E-state index is -0.150. The predicted molar refractivity (Wildman–Crippen MR) is 75.6 cm³/mol. The average molecular weight is 275 g/mol. The van der Waals surface area contributed by atoms with E-state index in [1.807, 2.05) is 4.90 Å². The summed E-state index contributed by atoms with van der Waals surface area (Å²) in [7, 11) is 0. The molecule has 108 valence electrons. The van der Waals surface area contributed by atoms with E-state index in [1.165, 1.54) is 25.3 Å². The number of hydrogen-bond donors (Lipinski definition) is 1. The van der Waals surface area contributed by atoms with Gasteiger partial charge in [0.25, 0.3) is 5.91 Å². The van der Waals surface area contributed by atoms with E-state index in [1.54, 1.807) is 12.3 Å². The molecule has 2 aliphatic heterocycles. The van der Waals surface area contributed by atoms with Crippen LogP contribution in [-0.2, 0) is 0 Å². The fourth-order valence-corrected chi connectivity index (χ4v) is 3.22. The Balaban J connectivity index is 1.65. The second-order valence-corrected chi connectivity index (χ2v) is 5.66. The molecule has 1 atom stereocenters. The summed E-state index contributed by atoms with van der Waals surface area (Å²) in [4.78, 5) is 20.7. The first kappa shape index (κ1) is 13.4. The normalized spacial score (nSPS) is 24.0. The highest BCUT2D eigenvalue weighted by Gasteiger charge is 2.32.